The Morgan fingerprint density at radius 3 is 2.93 bits per heavy atom. The van der Waals surface area contributed by atoms with Crippen LogP contribution in [0.15, 0.2) is 12.2 Å². The Balaban J connectivity index is 1.66. The van der Waals surface area contributed by atoms with E-state index in [1.54, 1.807) is 44.9 Å². The zero-order valence-corrected chi connectivity index (χ0v) is 9.41. The Morgan fingerprint density at radius 1 is 1.07 bits per heavy atom. The van der Waals surface area contributed by atoms with E-state index >= 15 is 0 Å². The van der Waals surface area contributed by atoms with Crippen LogP contribution in [-0.4, -0.2) is 0 Å². The third-order valence-corrected chi connectivity index (χ3v) is 6.92. The number of fused-ring (bicyclic) bond motifs is 3. The zero-order chi connectivity index (χ0) is 9.67. The molecule has 0 nitrogen and oxygen atoms in total. The van der Waals surface area contributed by atoms with E-state index in [9.17, 15) is 0 Å². The van der Waals surface area contributed by atoms with E-state index < -0.39 is 0 Å². The molecule has 5 rings (SSSR count). The molecule has 0 aromatic rings. The molecular weight excluding hydrogens is 180 g/mol. The third-order valence-electron chi connectivity index (χ3n) is 6.92. The first kappa shape index (κ1) is 7.92. The Labute approximate surface area is 92.1 Å². The second kappa shape index (κ2) is 2.08. The molecule has 4 saturated carbocycles. The van der Waals surface area contributed by atoms with Gasteiger partial charge in [-0.15, -0.1) is 0 Å². The van der Waals surface area contributed by atoms with Crippen LogP contribution in [0.1, 0.15) is 44.9 Å². The average molecular weight is 200 g/mol. The van der Waals surface area contributed by atoms with E-state index in [-0.39, 0.29) is 0 Å². The lowest BCUT2D eigenvalue weighted by Crippen LogP contribution is -2.24. The molecule has 0 aromatic carbocycles. The van der Waals surface area contributed by atoms with Crippen molar-refractivity contribution >= 4 is 0 Å². The molecule has 0 aliphatic heterocycles. The second-order valence-corrected chi connectivity index (χ2v) is 7.39. The molecule has 5 aliphatic rings. The fourth-order valence-electron chi connectivity index (χ4n) is 6.73. The van der Waals surface area contributed by atoms with Gasteiger partial charge in [0.1, 0.15) is 0 Å². The summed E-state index contributed by atoms with van der Waals surface area (Å²) in [5.41, 5.74) is 1.58. The number of rotatable bonds is 0. The largest absolute Gasteiger partial charge is 0.0848 e. The molecule has 4 fully saturated rings. The highest BCUT2D eigenvalue weighted by Gasteiger charge is 2.68. The summed E-state index contributed by atoms with van der Waals surface area (Å²) in [5.74, 6) is 4.42. The second-order valence-electron chi connectivity index (χ2n) is 7.39. The van der Waals surface area contributed by atoms with Gasteiger partial charge in [0.05, 0.1) is 0 Å². The van der Waals surface area contributed by atoms with Gasteiger partial charge in [0.15, 0.2) is 0 Å². The summed E-state index contributed by atoms with van der Waals surface area (Å²) < 4.78 is 0. The smallest absolute Gasteiger partial charge is 0.00759 e. The van der Waals surface area contributed by atoms with Crippen molar-refractivity contribution in [3.05, 3.63) is 12.2 Å². The van der Waals surface area contributed by atoms with E-state index in [1.165, 1.54) is 0 Å². The Bertz CT molecular complexity index is 368. The van der Waals surface area contributed by atoms with Crippen molar-refractivity contribution in [1.29, 1.82) is 0 Å². The van der Waals surface area contributed by atoms with Crippen LogP contribution in [0.4, 0.5) is 0 Å². The van der Waals surface area contributed by atoms with Gasteiger partial charge >= 0.3 is 0 Å². The Hall–Kier alpha value is -0.260. The zero-order valence-electron chi connectivity index (χ0n) is 9.41. The van der Waals surface area contributed by atoms with Crippen LogP contribution in [0.2, 0.25) is 0 Å². The quantitative estimate of drug-likeness (QED) is 0.522. The van der Waals surface area contributed by atoms with Crippen molar-refractivity contribution in [1.82, 2.24) is 0 Å². The van der Waals surface area contributed by atoms with E-state index in [4.69, 9.17) is 0 Å². The van der Waals surface area contributed by atoms with Crippen molar-refractivity contribution < 1.29 is 0 Å². The van der Waals surface area contributed by atoms with E-state index in [0.29, 0.717) is 0 Å². The van der Waals surface area contributed by atoms with Gasteiger partial charge in [0.2, 0.25) is 0 Å². The fourth-order valence-corrected chi connectivity index (χ4v) is 6.73. The maximum Gasteiger partial charge on any atom is -0.00759 e. The molecule has 80 valence electrons. The van der Waals surface area contributed by atoms with E-state index in [0.717, 1.165) is 34.5 Å². The number of hydrogen-bond acceptors (Lipinski definition) is 0. The van der Waals surface area contributed by atoms with Gasteiger partial charge in [0.25, 0.3) is 0 Å². The Morgan fingerprint density at radius 2 is 2.07 bits per heavy atom. The van der Waals surface area contributed by atoms with Gasteiger partial charge in [-0.05, 0) is 79.4 Å². The van der Waals surface area contributed by atoms with E-state index in [2.05, 4.69) is 12.2 Å². The molecule has 6 unspecified atom stereocenters. The van der Waals surface area contributed by atoms with Crippen molar-refractivity contribution in [2.24, 2.45) is 34.5 Å². The summed E-state index contributed by atoms with van der Waals surface area (Å²) in [4.78, 5) is 0. The predicted octanol–water partition coefficient (Wildman–Crippen LogP) is 3.78. The predicted molar refractivity (Wildman–Crippen MR) is 60.3 cm³/mol. The van der Waals surface area contributed by atoms with Crippen LogP contribution in [0.5, 0.6) is 0 Å². The van der Waals surface area contributed by atoms with Crippen molar-refractivity contribution in [2.45, 2.75) is 44.9 Å². The number of allylic oxidation sites excluding steroid dienone is 2. The summed E-state index contributed by atoms with van der Waals surface area (Å²) in [6, 6.07) is 0. The summed E-state index contributed by atoms with van der Waals surface area (Å²) in [5, 5.41) is 0. The van der Waals surface area contributed by atoms with Crippen molar-refractivity contribution in [3.8, 4) is 0 Å². The monoisotopic (exact) mass is 200 g/mol. The van der Waals surface area contributed by atoms with Gasteiger partial charge in [0, 0.05) is 0 Å². The lowest BCUT2D eigenvalue weighted by molar-refractivity contribution is 0.183. The molecular formula is C15H20. The summed E-state index contributed by atoms with van der Waals surface area (Å²) in [7, 11) is 0. The topological polar surface area (TPSA) is 0 Å². The lowest BCUT2D eigenvalue weighted by atomic mass is 9.73. The minimum Gasteiger partial charge on any atom is -0.0848 e. The highest BCUT2D eigenvalue weighted by molar-refractivity contribution is 5.27. The fraction of sp³-hybridized carbons (Fsp3) is 0.867. The first-order valence-electron chi connectivity index (χ1n) is 6.99. The van der Waals surface area contributed by atoms with Gasteiger partial charge in [-0.2, -0.15) is 0 Å². The normalized spacial score (nSPS) is 67.7. The van der Waals surface area contributed by atoms with Gasteiger partial charge in [-0.3, -0.25) is 0 Å². The highest BCUT2D eigenvalue weighted by atomic mass is 14.7. The molecule has 0 N–H and O–H groups in total. The van der Waals surface area contributed by atoms with Crippen molar-refractivity contribution in [3.63, 3.8) is 0 Å². The van der Waals surface area contributed by atoms with Crippen LogP contribution in [0.3, 0.4) is 0 Å². The van der Waals surface area contributed by atoms with Crippen LogP contribution >= 0.6 is 0 Å². The molecule has 0 amide bonds. The molecule has 0 heterocycles. The average Bonchev–Trinajstić information content (AvgIpc) is 2.92. The SMILES string of the molecule is C1=CC23CC1CC2C1CC2CCC1(C2)C3. The molecule has 0 saturated heterocycles. The van der Waals surface area contributed by atoms with Crippen LogP contribution in [-0.2, 0) is 0 Å². The molecule has 0 aromatic heterocycles. The first-order chi connectivity index (χ1) is 7.30. The lowest BCUT2D eigenvalue weighted by Gasteiger charge is -2.31. The van der Waals surface area contributed by atoms with Gasteiger partial charge in [-0.1, -0.05) is 12.2 Å². The Kier molecular flexibility index (Phi) is 1.10. The third kappa shape index (κ3) is 0.707. The minimum absolute atomic E-state index is 0.727. The number of hydrogen-bond donors (Lipinski definition) is 0. The summed E-state index contributed by atoms with van der Waals surface area (Å²) in [6.45, 7) is 0. The van der Waals surface area contributed by atoms with Gasteiger partial charge < -0.3 is 0 Å². The molecule has 0 heteroatoms. The molecule has 15 heavy (non-hydrogen) atoms. The van der Waals surface area contributed by atoms with Gasteiger partial charge in [-0.25, -0.2) is 0 Å². The minimum atomic E-state index is 0.727. The van der Waals surface area contributed by atoms with Crippen molar-refractivity contribution in [2.75, 3.05) is 0 Å². The van der Waals surface area contributed by atoms with Crippen LogP contribution in [0, 0.1) is 34.5 Å². The first-order valence-corrected chi connectivity index (χ1v) is 6.99. The molecule has 2 spiro atoms. The maximum atomic E-state index is 2.66. The summed E-state index contributed by atoms with van der Waals surface area (Å²) >= 11 is 0. The molecule has 5 aliphatic carbocycles. The highest BCUT2D eigenvalue weighted by Crippen LogP contribution is 2.77. The maximum absolute atomic E-state index is 2.66. The molecule has 6 atom stereocenters. The standard InChI is InChI=1S/C15H20/c1-3-14-7-10(1)5-12(14)13-6-11-2-4-15(13,8-11)9-14/h1,3,10-13H,2,4-9H2. The summed E-state index contributed by atoms with van der Waals surface area (Å²) in [6.07, 6.45) is 16.3. The van der Waals surface area contributed by atoms with E-state index in [1.807, 2.05) is 0 Å². The molecule has 4 bridgehead atoms. The molecule has 0 radical (unpaired) electrons. The van der Waals surface area contributed by atoms with Crippen LogP contribution < -0.4 is 0 Å². The van der Waals surface area contributed by atoms with Crippen LogP contribution in [0.25, 0.3) is 0 Å².